The standard InChI is InChI=1S/C23H15N3O5S.Na/c27-22(15-4-2-1-3-5-15)18(12-14-6-9-17(10-7-14)26(30)31)21(23(28)29)16-8-11-19-20(13-16)25-32-24-19;/h1-11,13H,12H2,(H,28,29);/q;+1/p-1. The Morgan fingerprint density at radius 3 is 2.18 bits per heavy atom. The summed E-state index contributed by atoms with van der Waals surface area (Å²) in [4.78, 5) is 36.0. The third-order valence-corrected chi connectivity index (χ3v) is 5.44. The number of non-ortho nitro benzene ring substituents is 1. The summed E-state index contributed by atoms with van der Waals surface area (Å²) in [5.74, 6) is -1.98. The van der Waals surface area contributed by atoms with Crippen molar-refractivity contribution in [3.05, 3.63) is 105 Å². The van der Waals surface area contributed by atoms with E-state index in [1.807, 2.05) is 0 Å². The van der Waals surface area contributed by atoms with Crippen molar-refractivity contribution in [3.63, 3.8) is 0 Å². The van der Waals surface area contributed by atoms with Gasteiger partial charge in [0, 0.05) is 35.3 Å². The number of benzene rings is 3. The number of nitro benzene ring substituents is 1. The molecular weight excluding hydrogens is 453 g/mol. The number of hydrogen-bond donors (Lipinski definition) is 0. The van der Waals surface area contributed by atoms with E-state index in [0.29, 0.717) is 22.2 Å². The minimum atomic E-state index is -1.51. The number of allylic oxidation sites excluding steroid dienone is 1. The molecule has 0 amide bonds. The Morgan fingerprint density at radius 1 is 0.879 bits per heavy atom. The smallest absolute Gasteiger partial charge is 0.545 e. The molecule has 0 bridgehead atoms. The first kappa shape index (κ1) is 24.4. The summed E-state index contributed by atoms with van der Waals surface area (Å²) < 4.78 is 8.25. The van der Waals surface area contributed by atoms with Gasteiger partial charge in [-0.15, -0.1) is 0 Å². The average Bonchev–Trinajstić information content (AvgIpc) is 3.27. The number of carboxylic acids is 1. The predicted molar refractivity (Wildman–Crippen MR) is 117 cm³/mol. The predicted octanol–water partition coefficient (Wildman–Crippen LogP) is 0.233. The number of carbonyl (C=O) groups excluding carboxylic acids is 2. The van der Waals surface area contributed by atoms with E-state index in [1.54, 1.807) is 48.5 Å². The maximum Gasteiger partial charge on any atom is 1.00 e. The molecule has 0 aliphatic carbocycles. The molecule has 0 saturated heterocycles. The first-order valence-electron chi connectivity index (χ1n) is 9.44. The molecule has 0 saturated carbocycles. The molecule has 0 fully saturated rings. The van der Waals surface area contributed by atoms with Crippen molar-refractivity contribution in [1.82, 2.24) is 8.75 Å². The van der Waals surface area contributed by atoms with E-state index in [4.69, 9.17) is 0 Å². The number of nitrogens with zero attached hydrogens (tertiary/aromatic N) is 3. The summed E-state index contributed by atoms with van der Waals surface area (Å²) in [6, 6.07) is 18.7. The summed E-state index contributed by atoms with van der Waals surface area (Å²) in [7, 11) is 0. The molecule has 4 rings (SSSR count). The monoisotopic (exact) mass is 467 g/mol. The van der Waals surface area contributed by atoms with E-state index >= 15 is 0 Å². The average molecular weight is 467 g/mol. The molecule has 0 aliphatic rings. The van der Waals surface area contributed by atoms with Gasteiger partial charge >= 0.3 is 29.6 Å². The van der Waals surface area contributed by atoms with E-state index in [2.05, 4.69) is 8.75 Å². The van der Waals surface area contributed by atoms with E-state index in [-0.39, 0.29) is 58.4 Å². The van der Waals surface area contributed by atoms with Crippen molar-refractivity contribution < 1.29 is 49.2 Å². The van der Waals surface area contributed by atoms with Crippen molar-refractivity contribution in [1.29, 1.82) is 0 Å². The normalized spacial score (nSPS) is 11.4. The molecule has 8 nitrogen and oxygen atoms in total. The van der Waals surface area contributed by atoms with Gasteiger partial charge < -0.3 is 9.90 Å². The molecular formula is C23H14N3NaO5S. The Bertz CT molecular complexity index is 1370. The summed E-state index contributed by atoms with van der Waals surface area (Å²) >= 11 is 0.998. The van der Waals surface area contributed by atoms with Gasteiger partial charge in [-0.2, -0.15) is 8.75 Å². The number of ketones is 1. The number of carbonyl (C=O) groups is 2. The number of nitro groups is 1. The van der Waals surface area contributed by atoms with Crippen LogP contribution in [0.4, 0.5) is 5.69 Å². The number of hydrogen-bond acceptors (Lipinski definition) is 8. The van der Waals surface area contributed by atoms with E-state index in [1.165, 1.54) is 24.3 Å². The second-order valence-electron chi connectivity index (χ2n) is 6.90. The molecule has 1 aromatic heterocycles. The molecule has 3 aromatic carbocycles. The van der Waals surface area contributed by atoms with E-state index in [0.717, 1.165) is 11.7 Å². The Balaban J connectivity index is 0.00000306. The molecule has 0 radical (unpaired) electrons. The van der Waals surface area contributed by atoms with Crippen LogP contribution < -0.4 is 34.7 Å². The second kappa shape index (κ2) is 10.6. The van der Waals surface area contributed by atoms with Gasteiger partial charge in [0.25, 0.3) is 5.69 Å². The van der Waals surface area contributed by atoms with Gasteiger partial charge in [-0.05, 0) is 23.3 Å². The summed E-state index contributed by atoms with van der Waals surface area (Å²) in [6.07, 6.45) is -0.0532. The number of fused-ring (bicyclic) bond motifs is 1. The van der Waals surface area contributed by atoms with Gasteiger partial charge in [0.2, 0.25) is 0 Å². The van der Waals surface area contributed by atoms with Gasteiger partial charge in [0.05, 0.1) is 22.6 Å². The molecule has 0 N–H and O–H groups in total. The third kappa shape index (κ3) is 5.40. The molecule has 4 aromatic rings. The van der Waals surface area contributed by atoms with Crippen LogP contribution in [0.5, 0.6) is 0 Å². The fourth-order valence-corrected chi connectivity index (χ4v) is 3.86. The van der Waals surface area contributed by atoms with Crippen LogP contribution in [0, 0.1) is 10.1 Å². The zero-order valence-electron chi connectivity index (χ0n) is 17.4. The quantitative estimate of drug-likeness (QED) is 0.125. The number of aliphatic carboxylic acids is 1. The SMILES string of the molecule is O=C([O-])C(=C(Cc1ccc([N+](=O)[O-])cc1)C(=O)c1ccccc1)c1ccc2nsnc2c1.[Na+]. The molecule has 158 valence electrons. The molecule has 1 heterocycles. The van der Waals surface area contributed by atoms with Crippen LogP contribution in [-0.4, -0.2) is 25.4 Å². The zero-order valence-corrected chi connectivity index (χ0v) is 20.2. The van der Waals surface area contributed by atoms with Crippen molar-refractivity contribution in [2.45, 2.75) is 6.42 Å². The van der Waals surface area contributed by atoms with Gasteiger partial charge in [0.1, 0.15) is 11.0 Å². The number of carboxylic acid groups (broad SMARTS) is 1. The van der Waals surface area contributed by atoms with Crippen molar-refractivity contribution >= 4 is 45.8 Å². The molecule has 33 heavy (non-hydrogen) atoms. The third-order valence-electron chi connectivity index (χ3n) is 4.89. The van der Waals surface area contributed by atoms with Crippen molar-refractivity contribution in [3.8, 4) is 0 Å². The van der Waals surface area contributed by atoms with Gasteiger partial charge in [0.15, 0.2) is 5.78 Å². The van der Waals surface area contributed by atoms with Crippen LogP contribution in [-0.2, 0) is 11.2 Å². The molecule has 0 atom stereocenters. The minimum Gasteiger partial charge on any atom is -0.545 e. The maximum absolute atomic E-state index is 13.4. The summed E-state index contributed by atoms with van der Waals surface area (Å²) in [5.41, 5.74) is 1.90. The van der Waals surface area contributed by atoms with Crippen molar-refractivity contribution in [2.75, 3.05) is 0 Å². The van der Waals surface area contributed by atoms with Gasteiger partial charge in [-0.1, -0.05) is 48.5 Å². The van der Waals surface area contributed by atoms with Crippen LogP contribution in [0.1, 0.15) is 21.5 Å². The summed E-state index contributed by atoms with van der Waals surface area (Å²) in [6.45, 7) is 0. The van der Waals surface area contributed by atoms with Crippen LogP contribution in [0.3, 0.4) is 0 Å². The molecule has 0 spiro atoms. The first-order chi connectivity index (χ1) is 15.4. The Morgan fingerprint density at radius 2 is 1.55 bits per heavy atom. The second-order valence-corrected chi connectivity index (χ2v) is 7.43. The van der Waals surface area contributed by atoms with E-state index in [9.17, 15) is 24.8 Å². The Labute approximate surface area is 214 Å². The largest absolute Gasteiger partial charge is 1.00 e. The van der Waals surface area contributed by atoms with Crippen LogP contribution in [0.15, 0.2) is 78.4 Å². The minimum absolute atomic E-state index is 0. The van der Waals surface area contributed by atoms with Crippen LogP contribution in [0.25, 0.3) is 16.6 Å². The number of Topliss-reactive ketones (excluding diaryl/α,β-unsaturated/α-hetero) is 1. The molecule has 10 heteroatoms. The summed E-state index contributed by atoms with van der Waals surface area (Å²) in [5, 5.41) is 23.2. The van der Waals surface area contributed by atoms with Gasteiger partial charge in [-0.3, -0.25) is 14.9 Å². The fraction of sp³-hybridized carbons (Fsp3) is 0.0435. The van der Waals surface area contributed by atoms with E-state index < -0.39 is 16.7 Å². The topological polar surface area (TPSA) is 126 Å². The molecule has 0 aliphatic heterocycles. The first-order valence-corrected chi connectivity index (χ1v) is 10.2. The molecule has 0 unspecified atom stereocenters. The maximum atomic E-state index is 13.4. The number of rotatable bonds is 7. The fourth-order valence-electron chi connectivity index (χ4n) is 3.34. The van der Waals surface area contributed by atoms with Crippen molar-refractivity contribution in [2.24, 2.45) is 0 Å². The van der Waals surface area contributed by atoms with Crippen LogP contribution >= 0.6 is 11.7 Å². The zero-order chi connectivity index (χ0) is 22.7. The Hall–Kier alpha value is -3.24. The van der Waals surface area contributed by atoms with Gasteiger partial charge in [-0.25, -0.2) is 0 Å². The number of aromatic nitrogens is 2. The van der Waals surface area contributed by atoms with Crippen LogP contribution in [0.2, 0.25) is 0 Å². The Kier molecular flexibility index (Phi) is 7.83.